The number of likely N-dealkylation sites (tertiary alicyclic amines) is 1. The molecule has 1 saturated carbocycles. The van der Waals surface area contributed by atoms with Gasteiger partial charge in [0.15, 0.2) is 5.96 Å². The minimum absolute atomic E-state index is 0.192. The summed E-state index contributed by atoms with van der Waals surface area (Å²) in [6, 6.07) is 0. The lowest BCUT2D eigenvalue weighted by molar-refractivity contribution is -0.121. The Bertz CT molecular complexity index is 426. The molecular formula is C20H39N5O. The fourth-order valence-corrected chi connectivity index (χ4v) is 3.95. The summed E-state index contributed by atoms with van der Waals surface area (Å²) in [5.74, 6) is 2.52. The molecular weight excluding hydrogens is 326 g/mol. The molecule has 6 nitrogen and oxygen atoms in total. The predicted octanol–water partition coefficient (Wildman–Crippen LogP) is 1.97. The Morgan fingerprint density at radius 1 is 1.00 bits per heavy atom. The van der Waals surface area contributed by atoms with E-state index in [2.05, 4.69) is 32.8 Å². The number of rotatable bonds is 9. The summed E-state index contributed by atoms with van der Waals surface area (Å²) in [5.41, 5.74) is 0. The number of hydrogen-bond donors (Lipinski definition) is 3. The third-order valence-corrected chi connectivity index (χ3v) is 5.73. The minimum atomic E-state index is 0.192. The first kappa shape index (κ1) is 21.0. The van der Waals surface area contributed by atoms with E-state index < -0.39 is 0 Å². The lowest BCUT2D eigenvalue weighted by Gasteiger charge is -2.30. The molecule has 1 heterocycles. The van der Waals surface area contributed by atoms with Crippen LogP contribution < -0.4 is 16.0 Å². The van der Waals surface area contributed by atoms with Crippen molar-refractivity contribution in [3.8, 4) is 0 Å². The van der Waals surface area contributed by atoms with Crippen LogP contribution in [-0.2, 0) is 4.79 Å². The maximum Gasteiger partial charge on any atom is 0.220 e. The maximum absolute atomic E-state index is 11.9. The van der Waals surface area contributed by atoms with Gasteiger partial charge in [-0.2, -0.15) is 0 Å². The highest BCUT2D eigenvalue weighted by Gasteiger charge is 2.18. The van der Waals surface area contributed by atoms with Crippen molar-refractivity contribution in [1.29, 1.82) is 0 Å². The average molecular weight is 366 g/mol. The van der Waals surface area contributed by atoms with Crippen molar-refractivity contribution in [2.45, 2.75) is 58.3 Å². The van der Waals surface area contributed by atoms with Crippen molar-refractivity contribution in [2.24, 2.45) is 16.8 Å². The quantitative estimate of drug-likeness (QED) is 0.332. The van der Waals surface area contributed by atoms with E-state index in [-0.39, 0.29) is 5.91 Å². The molecule has 26 heavy (non-hydrogen) atoms. The molecule has 1 aliphatic carbocycles. The fraction of sp³-hybridized carbons (Fsp3) is 0.900. The number of guanidine groups is 1. The summed E-state index contributed by atoms with van der Waals surface area (Å²) >= 11 is 0. The Kier molecular flexibility index (Phi) is 9.82. The topological polar surface area (TPSA) is 68.8 Å². The molecule has 1 amide bonds. The Morgan fingerprint density at radius 3 is 2.35 bits per heavy atom. The SMILES string of the molecule is CN=C(NCCCN1CCC(C)CC1)NCCNC(=O)CC1CCCC1. The number of piperidine rings is 1. The van der Waals surface area contributed by atoms with E-state index in [1.54, 1.807) is 7.05 Å². The molecule has 2 fully saturated rings. The van der Waals surface area contributed by atoms with Crippen LogP contribution in [0.1, 0.15) is 58.3 Å². The van der Waals surface area contributed by atoms with Crippen LogP contribution in [0.15, 0.2) is 4.99 Å². The van der Waals surface area contributed by atoms with E-state index in [1.807, 2.05) is 0 Å². The second-order valence-electron chi connectivity index (χ2n) is 8.01. The summed E-state index contributed by atoms with van der Waals surface area (Å²) in [6.45, 7) is 8.29. The Hall–Kier alpha value is -1.30. The van der Waals surface area contributed by atoms with Crippen LogP contribution in [0.4, 0.5) is 0 Å². The van der Waals surface area contributed by atoms with Gasteiger partial charge in [-0.05, 0) is 63.6 Å². The number of amides is 1. The second-order valence-corrected chi connectivity index (χ2v) is 8.01. The number of carbonyl (C=O) groups excluding carboxylic acids is 1. The molecule has 2 aliphatic rings. The van der Waals surface area contributed by atoms with Gasteiger partial charge in [0.25, 0.3) is 0 Å². The standard InChI is InChI=1S/C20H39N5O/c1-17-8-14-25(15-9-17)13-5-10-23-20(21-2)24-12-11-22-19(26)16-18-6-3-4-7-18/h17-18H,3-16H2,1-2H3,(H,22,26)(H2,21,23,24). The van der Waals surface area contributed by atoms with Crippen molar-refractivity contribution >= 4 is 11.9 Å². The van der Waals surface area contributed by atoms with Gasteiger partial charge in [0.05, 0.1) is 0 Å². The number of hydrogen-bond acceptors (Lipinski definition) is 3. The first-order chi connectivity index (χ1) is 12.7. The highest BCUT2D eigenvalue weighted by molar-refractivity contribution is 5.79. The van der Waals surface area contributed by atoms with Crippen LogP contribution in [0.2, 0.25) is 0 Å². The van der Waals surface area contributed by atoms with Crippen LogP contribution in [0, 0.1) is 11.8 Å². The molecule has 1 aliphatic heterocycles. The lowest BCUT2D eigenvalue weighted by Crippen LogP contribution is -2.42. The molecule has 0 bridgehead atoms. The van der Waals surface area contributed by atoms with Crippen molar-refractivity contribution in [3.63, 3.8) is 0 Å². The molecule has 0 aromatic rings. The van der Waals surface area contributed by atoms with Crippen LogP contribution in [0.5, 0.6) is 0 Å². The number of carbonyl (C=O) groups is 1. The first-order valence-electron chi connectivity index (χ1n) is 10.6. The van der Waals surface area contributed by atoms with Gasteiger partial charge < -0.3 is 20.9 Å². The predicted molar refractivity (Wildman–Crippen MR) is 108 cm³/mol. The fourth-order valence-electron chi connectivity index (χ4n) is 3.95. The largest absolute Gasteiger partial charge is 0.356 e. The van der Waals surface area contributed by atoms with Gasteiger partial charge in [-0.1, -0.05) is 19.8 Å². The lowest BCUT2D eigenvalue weighted by atomic mass is 9.99. The third-order valence-electron chi connectivity index (χ3n) is 5.73. The zero-order valence-corrected chi connectivity index (χ0v) is 16.9. The van der Waals surface area contributed by atoms with Gasteiger partial charge in [0.2, 0.25) is 5.91 Å². The molecule has 0 aromatic heterocycles. The molecule has 0 unspecified atom stereocenters. The van der Waals surface area contributed by atoms with Crippen molar-refractivity contribution in [2.75, 3.05) is 46.3 Å². The molecule has 1 saturated heterocycles. The van der Waals surface area contributed by atoms with Gasteiger partial charge in [0, 0.05) is 33.1 Å². The molecule has 6 heteroatoms. The van der Waals surface area contributed by atoms with Gasteiger partial charge in [-0.15, -0.1) is 0 Å². The summed E-state index contributed by atoms with van der Waals surface area (Å²) in [7, 11) is 1.79. The summed E-state index contributed by atoms with van der Waals surface area (Å²) in [4.78, 5) is 18.7. The van der Waals surface area contributed by atoms with Gasteiger partial charge in [-0.3, -0.25) is 9.79 Å². The zero-order valence-electron chi connectivity index (χ0n) is 16.9. The van der Waals surface area contributed by atoms with Crippen LogP contribution in [0.25, 0.3) is 0 Å². The van der Waals surface area contributed by atoms with Crippen molar-refractivity contribution in [3.05, 3.63) is 0 Å². The van der Waals surface area contributed by atoms with E-state index in [0.29, 0.717) is 25.4 Å². The van der Waals surface area contributed by atoms with E-state index >= 15 is 0 Å². The monoisotopic (exact) mass is 365 g/mol. The van der Waals surface area contributed by atoms with Crippen LogP contribution in [0.3, 0.4) is 0 Å². The number of nitrogens with zero attached hydrogens (tertiary/aromatic N) is 2. The maximum atomic E-state index is 11.9. The third kappa shape index (κ3) is 8.39. The molecule has 0 radical (unpaired) electrons. The highest BCUT2D eigenvalue weighted by atomic mass is 16.1. The Labute approximate surface area is 159 Å². The zero-order chi connectivity index (χ0) is 18.6. The van der Waals surface area contributed by atoms with Gasteiger partial charge >= 0.3 is 0 Å². The van der Waals surface area contributed by atoms with E-state index in [4.69, 9.17) is 0 Å². The summed E-state index contributed by atoms with van der Waals surface area (Å²) in [6.07, 6.45) is 9.52. The van der Waals surface area contributed by atoms with Crippen molar-refractivity contribution in [1.82, 2.24) is 20.9 Å². The van der Waals surface area contributed by atoms with E-state index in [1.165, 1.54) is 51.6 Å². The highest BCUT2D eigenvalue weighted by Crippen LogP contribution is 2.27. The van der Waals surface area contributed by atoms with E-state index in [0.717, 1.165) is 31.4 Å². The summed E-state index contributed by atoms with van der Waals surface area (Å²) < 4.78 is 0. The molecule has 2 rings (SSSR count). The Balaban J connectivity index is 1.46. The van der Waals surface area contributed by atoms with E-state index in [9.17, 15) is 4.79 Å². The van der Waals surface area contributed by atoms with Gasteiger partial charge in [-0.25, -0.2) is 0 Å². The Morgan fingerprint density at radius 2 is 1.65 bits per heavy atom. The van der Waals surface area contributed by atoms with Crippen molar-refractivity contribution < 1.29 is 4.79 Å². The first-order valence-corrected chi connectivity index (χ1v) is 10.6. The second kappa shape index (κ2) is 12.2. The normalized spacial score (nSPS) is 20.3. The molecule has 150 valence electrons. The number of aliphatic imine (C=N–C) groups is 1. The molecule has 0 aromatic carbocycles. The van der Waals surface area contributed by atoms with Gasteiger partial charge in [0.1, 0.15) is 0 Å². The minimum Gasteiger partial charge on any atom is -0.356 e. The molecule has 0 atom stereocenters. The van der Waals surface area contributed by atoms with Crippen LogP contribution >= 0.6 is 0 Å². The van der Waals surface area contributed by atoms with Crippen LogP contribution in [-0.4, -0.2) is 63.1 Å². The molecule has 3 N–H and O–H groups in total. The number of nitrogens with one attached hydrogen (secondary N) is 3. The molecule has 0 spiro atoms. The average Bonchev–Trinajstić information content (AvgIpc) is 3.14. The summed E-state index contributed by atoms with van der Waals surface area (Å²) in [5, 5.41) is 9.65. The smallest absolute Gasteiger partial charge is 0.220 e.